The van der Waals surface area contributed by atoms with Crippen molar-refractivity contribution >= 4 is 17.6 Å². The van der Waals surface area contributed by atoms with Crippen LogP contribution in [0.1, 0.15) is 23.7 Å². The summed E-state index contributed by atoms with van der Waals surface area (Å²) in [5, 5.41) is 2.66. The van der Waals surface area contributed by atoms with E-state index in [1.54, 1.807) is 4.90 Å². The van der Waals surface area contributed by atoms with Crippen molar-refractivity contribution in [3.8, 4) is 0 Å². The van der Waals surface area contributed by atoms with Crippen molar-refractivity contribution in [3.05, 3.63) is 29.6 Å². The van der Waals surface area contributed by atoms with Gasteiger partial charge in [-0.2, -0.15) is 0 Å². The molecule has 23 heavy (non-hydrogen) atoms. The molecule has 3 N–H and O–H groups in total. The van der Waals surface area contributed by atoms with Crippen LogP contribution in [-0.2, 0) is 0 Å². The molecule has 1 heterocycles. The molecular formula is C16H23FN4O2. The van der Waals surface area contributed by atoms with Crippen LogP contribution in [-0.4, -0.2) is 55.0 Å². The van der Waals surface area contributed by atoms with Gasteiger partial charge in [-0.15, -0.1) is 0 Å². The van der Waals surface area contributed by atoms with E-state index in [0.29, 0.717) is 24.7 Å². The van der Waals surface area contributed by atoms with Crippen molar-refractivity contribution < 1.29 is 14.0 Å². The van der Waals surface area contributed by atoms with Crippen LogP contribution < -0.4 is 11.1 Å². The van der Waals surface area contributed by atoms with Gasteiger partial charge in [0.1, 0.15) is 5.82 Å². The molecule has 1 unspecified atom stereocenters. The normalized spacial score (nSPS) is 17.6. The molecule has 7 heteroatoms. The molecule has 0 radical (unpaired) electrons. The molecule has 1 saturated heterocycles. The quantitative estimate of drug-likeness (QED) is 0.866. The lowest BCUT2D eigenvalue weighted by Crippen LogP contribution is -2.34. The monoisotopic (exact) mass is 322 g/mol. The maximum Gasteiger partial charge on any atom is 0.321 e. The average molecular weight is 322 g/mol. The van der Waals surface area contributed by atoms with Gasteiger partial charge in [-0.3, -0.25) is 4.79 Å². The highest BCUT2D eigenvalue weighted by atomic mass is 19.1. The number of rotatable bonds is 5. The highest BCUT2D eigenvalue weighted by molar-refractivity contribution is 5.94. The molecular weight excluding hydrogens is 299 g/mol. The minimum atomic E-state index is -0.831. The summed E-state index contributed by atoms with van der Waals surface area (Å²) in [4.78, 5) is 27.2. The summed E-state index contributed by atoms with van der Waals surface area (Å²) in [5.74, 6) is -1.11. The van der Waals surface area contributed by atoms with Crippen LogP contribution in [0.5, 0.6) is 0 Å². The van der Waals surface area contributed by atoms with Gasteiger partial charge in [0.2, 0.25) is 0 Å². The lowest BCUT2D eigenvalue weighted by atomic mass is 10.1. The van der Waals surface area contributed by atoms with E-state index >= 15 is 0 Å². The van der Waals surface area contributed by atoms with Gasteiger partial charge in [-0.05, 0) is 44.1 Å². The van der Waals surface area contributed by atoms with Gasteiger partial charge < -0.3 is 20.9 Å². The first-order valence-electron chi connectivity index (χ1n) is 7.74. The van der Waals surface area contributed by atoms with Gasteiger partial charge in [0.25, 0.3) is 5.91 Å². The average Bonchev–Trinajstić information content (AvgIpc) is 2.95. The van der Waals surface area contributed by atoms with Crippen molar-refractivity contribution in [3.63, 3.8) is 0 Å². The van der Waals surface area contributed by atoms with Crippen molar-refractivity contribution in [2.24, 2.45) is 11.7 Å². The number of carbonyl (C=O) groups is 2. The number of anilines is 1. The van der Waals surface area contributed by atoms with Crippen LogP contribution in [0, 0.1) is 11.7 Å². The number of nitrogens with zero attached hydrogens (tertiary/aromatic N) is 2. The van der Waals surface area contributed by atoms with Crippen LogP contribution in [0.4, 0.5) is 14.9 Å². The zero-order valence-corrected chi connectivity index (χ0v) is 13.5. The lowest BCUT2D eigenvalue weighted by molar-refractivity contribution is 0.0996. The van der Waals surface area contributed by atoms with Crippen LogP contribution in [0.15, 0.2) is 18.2 Å². The molecule has 1 aliphatic rings. The standard InChI is InChI=1S/C16H23FN4O2/c1-3-20(2)9-11-6-7-21(10-11)16(23)19-12-4-5-13(15(18)22)14(17)8-12/h4-5,8,11H,3,6-7,9-10H2,1-2H3,(H2,18,22)(H,19,23). The predicted molar refractivity (Wildman–Crippen MR) is 86.8 cm³/mol. The van der Waals surface area contributed by atoms with E-state index < -0.39 is 11.7 Å². The number of likely N-dealkylation sites (tertiary alicyclic amines) is 1. The molecule has 6 nitrogen and oxygen atoms in total. The SMILES string of the molecule is CCN(C)CC1CCN(C(=O)Nc2ccc(C(N)=O)c(F)c2)C1. The second-order valence-corrected chi connectivity index (χ2v) is 5.94. The molecule has 0 spiro atoms. The van der Waals surface area contributed by atoms with E-state index in [0.717, 1.165) is 25.6 Å². The van der Waals surface area contributed by atoms with E-state index in [2.05, 4.69) is 24.2 Å². The van der Waals surface area contributed by atoms with Gasteiger partial charge in [-0.1, -0.05) is 6.92 Å². The molecule has 1 aromatic carbocycles. The Balaban J connectivity index is 1.92. The molecule has 2 rings (SSSR count). The molecule has 1 aliphatic heterocycles. The van der Waals surface area contributed by atoms with E-state index in [9.17, 15) is 14.0 Å². The van der Waals surface area contributed by atoms with Crippen molar-refractivity contribution in [1.29, 1.82) is 0 Å². The molecule has 1 aromatic rings. The van der Waals surface area contributed by atoms with Crippen LogP contribution in [0.2, 0.25) is 0 Å². The third-order valence-corrected chi connectivity index (χ3v) is 4.17. The van der Waals surface area contributed by atoms with Crippen molar-refractivity contribution in [2.75, 3.05) is 38.5 Å². The Labute approximate surface area is 135 Å². The molecule has 3 amide bonds. The maximum absolute atomic E-state index is 13.7. The Morgan fingerprint density at radius 3 is 2.83 bits per heavy atom. The number of primary amides is 1. The third-order valence-electron chi connectivity index (χ3n) is 4.17. The van der Waals surface area contributed by atoms with E-state index in [-0.39, 0.29) is 11.6 Å². The number of nitrogens with two attached hydrogens (primary N) is 1. The number of nitrogens with one attached hydrogen (secondary N) is 1. The highest BCUT2D eigenvalue weighted by Gasteiger charge is 2.27. The Kier molecular flexibility index (Phi) is 5.54. The fourth-order valence-corrected chi connectivity index (χ4v) is 2.73. The minimum absolute atomic E-state index is 0.188. The molecule has 126 valence electrons. The molecule has 0 saturated carbocycles. The molecule has 0 bridgehead atoms. The first-order chi connectivity index (χ1) is 10.9. The molecule has 1 fully saturated rings. The highest BCUT2D eigenvalue weighted by Crippen LogP contribution is 2.19. The second kappa shape index (κ2) is 7.41. The summed E-state index contributed by atoms with van der Waals surface area (Å²) in [6.45, 7) is 5.42. The topological polar surface area (TPSA) is 78.7 Å². The molecule has 0 aromatic heterocycles. The Bertz CT molecular complexity index is 593. The summed E-state index contributed by atoms with van der Waals surface area (Å²) in [7, 11) is 2.06. The molecule has 1 atom stereocenters. The largest absolute Gasteiger partial charge is 0.366 e. The smallest absolute Gasteiger partial charge is 0.321 e. The van der Waals surface area contributed by atoms with Gasteiger partial charge in [-0.25, -0.2) is 9.18 Å². The number of carbonyl (C=O) groups excluding carboxylic acids is 2. The Hall–Kier alpha value is -2.15. The van der Waals surface area contributed by atoms with Crippen LogP contribution in [0.3, 0.4) is 0 Å². The second-order valence-electron chi connectivity index (χ2n) is 5.94. The van der Waals surface area contributed by atoms with Crippen molar-refractivity contribution in [2.45, 2.75) is 13.3 Å². The van der Waals surface area contributed by atoms with E-state index in [1.165, 1.54) is 12.1 Å². The minimum Gasteiger partial charge on any atom is -0.366 e. The Morgan fingerprint density at radius 2 is 2.22 bits per heavy atom. The summed E-state index contributed by atoms with van der Waals surface area (Å²) in [5.41, 5.74) is 5.18. The maximum atomic E-state index is 13.7. The Morgan fingerprint density at radius 1 is 1.48 bits per heavy atom. The number of halogens is 1. The number of amides is 3. The number of hydrogen-bond acceptors (Lipinski definition) is 3. The van der Waals surface area contributed by atoms with Crippen LogP contribution >= 0.6 is 0 Å². The fourth-order valence-electron chi connectivity index (χ4n) is 2.73. The van der Waals surface area contributed by atoms with Crippen LogP contribution in [0.25, 0.3) is 0 Å². The summed E-state index contributed by atoms with van der Waals surface area (Å²) in [6.07, 6.45) is 0.965. The summed E-state index contributed by atoms with van der Waals surface area (Å²) >= 11 is 0. The summed E-state index contributed by atoms with van der Waals surface area (Å²) in [6, 6.07) is 3.60. The van der Waals surface area contributed by atoms with Gasteiger partial charge in [0.05, 0.1) is 5.56 Å². The number of benzene rings is 1. The van der Waals surface area contributed by atoms with Crippen molar-refractivity contribution in [1.82, 2.24) is 9.80 Å². The number of urea groups is 1. The first-order valence-corrected chi connectivity index (χ1v) is 7.74. The first kappa shape index (κ1) is 17.2. The number of hydrogen-bond donors (Lipinski definition) is 2. The zero-order valence-electron chi connectivity index (χ0n) is 13.5. The lowest BCUT2D eigenvalue weighted by Gasteiger charge is -2.20. The summed E-state index contributed by atoms with van der Waals surface area (Å²) < 4.78 is 13.7. The van der Waals surface area contributed by atoms with Gasteiger partial charge in [0, 0.05) is 25.3 Å². The van der Waals surface area contributed by atoms with Gasteiger partial charge >= 0.3 is 6.03 Å². The fraction of sp³-hybridized carbons (Fsp3) is 0.500. The van der Waals surface area contributed by atoms with E-state index in [4.69, 9.17) is 5.73 Å². The van der Waals surface area contributed by atoms with Gasteiger partial charge in [0.15, 0.2) is 0 Å². The molecule has 0 aliphatic carbocycles. The third kappa shape index (κ3) is 4.41. The predicted octanol–water partition coefficient (Wildman–Crippen LogP) is 1.73. The van der Waals surface area contributed by atoms with E-state index in [1.807, 2.05) is 0 Å². The zero-order chi connectivity index (χ0) is 17.0.